The molecule has 2 N–H and O–H groups in total. The van der Waals surface area contributed by atoms with Gasteiger partial charge in [-0.05, 0) is 31.5 Å². The summed E-state index contributed by atoms with van der Waals surface area (Å²) in [6.07, 6.45) is 4.06. The summed E-state index contributed by atoms with van der Waals surface area (Å²) < 4.78 is 1.85. The second-order valence-electron chi connectivity index (χ2n) is 6.34. The summed E-state index contributed by atoms with van der Waals surface area (Å²) in [5, 5.41) is 10.3. The number of benzene rings is 1. The molecule has 1 aliphatic rings. The van der Waals surface area contributed by atoms with Crippen molar-refractivity contribution in [1.82, 2.24) is 15.1 Å². The predicted octanol–water partition coefficient (Wildman–Crippen LogP) is 1.55. The topological polar surface area (TPSA) is 79.3 Å². The number of hydrogen-bond donors (Lipinski definition) is 2. The normalized spacial score (nSPS) is 17.0. The molecule has 7 nitrogen and oxygen atoms in total. The Morgan fingerprint density at radius 3 is 2.96 bits per heavy atom. The maximum atomic E-state index is 12.7. The first-order valence-electron chi connectivity index (χ1n) is 8.45. The molecule has 0 unspecified atom stereocenters. The van der Waals surface area contributed by atoms with Crippen molar-refractivity contribution >= 4 is 23.2 Å². The van der Waals surface area contributed by atoms with Crippen LogP contribution in [-0.2, 0) is 16.1 Å². The van der Waals surface area contributed by atoms with Gasteiger partial charge in [-0.2, -0.15) is 5.10 Å². The SMILES string of the molecule is Cc1cnn(CCNCC(=O)N2c3ccccc3NC(=O)C[C@@H]2C)c1. The van der Waals surface area contributed by atoms with Gasteiger partial charge in [0.05, 0.1) is 30.7 Å². The van der Waals surface area contributed by atoms with Gasteiger partial charge in [0.1, 0.15) is 0 Å². The van der Waals surface area contributed by atoms with E-state index in [4.69, 9.17) is 0 Å². The van der Waals surface area contributed by atoms with E-state index in [1.807, 2.05) is 55.2 Å². The highest BCUT2D eigenvalue weighted by Crippen LogP contribution is 2.31. The Kier molecular flexibility index (Phi) is 5.14. The predicted molar refractivity (Wildman–Crippen MR) is 96.5 cm³/mol. The fourth-order valence-electron chi connectivity index (χ4n) is 3.03. The van der Waals surface area contributed by atoms with Crippen LogP contribution in [0.25, 0.3) is 0 Å². The number of nitrogens with one attached hydrogen (secondary N) is 2. The summed E-state index contributed by atoms with van der Waals surface area (Å²) in [6.45, 7) is 5.45. The van der Waals surface area contributed by atoms with Crippen molar-refractivity contribution in [2.45, 2.75) is 32.9 Å². The van der Waals surface area contributed by atoms with Gasteiger partial charge in [-0.3, -0.25) is 14.3 Å². The average Bonchev–Trinajstić information content (AvgIpc) is 2.92. The van der Waals surface area contributed by atoms with E-state index in [2.05, 4.69) is 15.7 Å². The van der Waals surface area contributed by atoms with Crippen LogP contribution in [0.2, 0.25) is 0 Å². The lowest BCUT2D eigenvalue weighted by Gasteiger charge is -2.28. The first-order valence-corrected chi connectivity index (χ1v) is 8.45. The Bertz CT molecular complexity index is 770. The number of para-hydroxylation sites is 2. The van der Waals surface area contributed by atoms with Crippen LogP contribution >= 0.6 is 0 Å². The third-order valence-corrected chi connectivity index (χ3v) is 4.18. The third kappa shape index (κ3) is 4.06. The monoisotopic (exact) mass is 341 g/mol. The van der Waals surface area contributed by atoms with E-state index in [0.29, 0.717) is 18.8 Å². The van der Waals surface area contributed by atoms with Crippen molar-refractivity contribution < 1.29 is 9.59 Å². The molecule has 0 spiro atoms. The average molecular weight is 341 g/mol. The Balaban J connectivity index is 1.63. The van der Waals surface area contributed by atoms with Gasteiger partial charge >= 0.3 is 0 Å². The number of fused-ring (bicyclic) bond motifs is 1. The number of carbonyl (C=O) groups is 2. The van der Waals surface area contributed by atoms with Crippen LogP contribution in [0.4, 0.5) is 11.4 Å². The maximum absolute atomic E-state index is 12.7. The first kappa shape index (κ1) is 17.2. The van der Waals surface area contributed by atoms with E-state index < -0.39 is 0 Å². The number of aryl methyl sites for hydroxylation is 1. The zero-order valence-corrected chi connectivity index (χ0v) is 14.5. The molecule has 25 heavy (non-hydrogen) atoms. The molecule has 1 aromatic heterocycles. The lowest BCUT2D eigenvalue weighted by atomic mass is 10.1. The molecule has 0 bridgehead atoms. The number of amides is 2. The minimum atomic E-state index is -0.188. The van der Waals surface area contributed by atoms with Crippen LogP contribution in [-0.4, -0.2) is 40.7 Å². The number of aromatic nitrogens is 2. The summed E-state index contributed by atoms with van der Waals surface area (Å²) in [5.74, 6) is -0.120. The maximum Gasteiger partial charge on any atom is 0.241 e. The quantitative estimate of drug-likeness (QED) is 0.809. The van der Waals surface area contributed by atoms with Crippen LogP contribution < -0.4 is 15.5 Å². The highest BCUT2D eigenvalue weighted by molar-refractivity contribution is 6.04. The summed E-state index contributed by atoms with van der Waals surface area (Å²) >= 11 is 0. The zero-order chi connectivity index (χ0) is 17.8. The number of rotatable bonds is 5. The van der Waals surface area contributed by atoms with Crippen LogP contribution in [0.5, 0.6) is 0 Å². The van der Waals surface area contributed by atoms with Gasteiger partial charge in [0.2, 0.25) is 11.8 Å². The molecule has 0 saturated heterocycles. The summed E-state index contributed by atoms with van der Waals surface area (Å²) in [4.78, 5) is 26.4. The fourth-order valence-corrected chi connectivity index (χ4v) is 3.03. The Morgan fingerprint density at radius 2 is 2.20 bits per heavy atom. The van der Waals surface area contributed by atoms with E-state index in [-0.39, 0.29) is 30.8 Å². The molecule has 2 heterocycles. The van der Waals surface area contributed by atoms with E-state index in [0.717, 1.165) is 11.3 Å². The lowest BCUT2D eigenvalue weighted by molar-refractivity contribution is -0.118. The number of nitrogens with zero attached hydrogens (tertiary/aromatic N) is 3. The molecule has 0 radical (unpaired) electrons. The smallest absolute Gasteiger partial charge is 0.241 e. The van der Waals surface area contributed by atoms with Crippen molar-refractivity contribution in [3.63, 3.8) is 0 Å². The molecule has 3 rings (SSSR count). The Labute approximate surface area is 147 Å². The van der Waals surface area contributed by atoms with Gasteiger partial charge in [0.25, 0.3) is 0 Å². The van der Waals surface area contributed by atoms with Gasteiger partial charge in [0.15, 0.2) is 0 Å². The zero-order valence-electron chi connectivity index (χ0n) is 14.5. The largest absolute Gasteiger partial charge is 0.324 e. The van der Waals surface area contributed by atoms with Gasteiger partial charge in [0, 0.05) is 25.2 Å². The molecular formula is C18H23N5O2. The molecule has 0 saturated carbocycles. The standard InChI is InChI=1S/C18H23N5O2/c1-13-10-20-22(12-13)8-7-19-11-18(25)23-14(2)9-17(24)21-15-5-3-4-6-16(15)23/h3-6,10,12,14,19H,7-9,11H2,1-2H3,(H,21,24)/t14-/m0/s1. The van der Waals surface area contributed by atoms with Gasteiger partial charge < -0.3 is 15.5 Å². The summed E-state index contributed by atoms with van der Waals surface area (Å²) in [6, 6.07) is 7.21. The van der Waals surface area contributed by atoms with Crippen molar-refractivity contribution in [1.29, 1.82) is 0 Å². The van der Waals surface area contributed by atoms with E-state index in [1.54, 1.807) is 4.90 Å². The molecule has 1 aromatic carbocycles. The van der Waals surface area contributed by atoms with E-state index in [9.17, 15) is 9.59 Å². The fraction of sp³-hybridized carbons (Fsp3) is 0.389. The van der Waals surface area contributed by atoms with E-state index >= 15 is 0 Å². The Morgan fingerprint density at radius 1 is 1.40 bits per heavy atom. The van der Waals surface area contributed by atoms with Crippen LogP contribution in [0.3, 0.4) is 0 Å². The molecule has 0 fully saturated rings. The van der Waals surface area contributed by atoms with Crippen molar-refractivity contribution in [2.24, 2.45) is 0 Å². The summed E-state index contributed by atoms with van der Waals surface area (Å²) in [7, 11) is 0. The molecule has 2 aromatic rings. The highest BCUT2D eigenvalue weighted by Gasteiger charge is 2.29. The van der Waals surface area contributed by atoms with Crippen molar-refractivity contribution in [2.75, 3.05) is 23.3 Å². The minimum absolute atomic E-state index is 0.0481. The minimum Gasteiger partial charge on any atom is -0.324 e. The van der Waals surface area contributed by atoms with Crippen molar-refractivity contribution in [3.05, 3.63) is 42.2 Å². The number of hydrogen-bond acceptors (Lipinski definition) is 4. The van der Waals surface area contributed by atoms with Gasteiger partial charge in [-0.25, -0.2) is 0 Å². The second kappa shape index (κ2) is 7.48. The van der Waals surface area contributed by atoms with Crippen LogP contribution in [0.15, 0.2) is 36.7 Å². The second-order valence-corrected chi connectivity index (χ2v) is 6.34. The summed E-state index contributed by atoms with van der Waals surface area (Å²) in [5.41, 5.74) is 2.54. The molecule has 1 atom stereocenters. The van der Waals surface area contributed by atoms with E-state index in [1.165, 1.54) is 0 Å². The molecular weight excluding hydrogens is 318 g/mol. The van der Waals surface area contributed by atoms with Crippen molar-refractivity contribution in [3.8, 4) is 0 Å². The van der Waals surface area contributed by atoms with Crippen LogP contribution in [0, 0.1) is 6.92 Å². The van der Waals surface area contributed by atoms with Gasteiger partial charge in [-0.15, -0.1) is 0 Å². The molecule has 7 heteroatoms. The van der Waals surface area contributed by atoms with Crippen LogP contribution in [0.1, 0.15) is 18.9 Å². The molecule has 1 aliphatic heterocycles. The number of anilines is 2. The Hall–Kier alpha value is -2.67. The molecule has 132 valence electrons. The molecule has 0 aliphatic carbocycles. The third-order valence-electron chi connectivity index (χ3n) is 4.18. The lowest BCUT2D eigenvalue weighted by Crippen LogP contribution is -2.44. The molecule has 2 amide bonds. The number of carbonyl (C=O) groups excluding carboxylic acids is 2. The van der Waals surface area contributed by atoms with Gasteiger partial charge in [-0.1, -0.05) is 12.1 Å². The first-order chi connectivity index (χ1) is 12.0. The highest BCUT2D eigenvalue weighted by atomic mass is 16.2.